The third-order valence-corrected chi connectivity index (χ3v) is 3.89. The van der Waals surface area contributed by atoms with Crippen LogP contribution in [0.4, 0.5) is 0 Å². The minimum atomic E-state index is 0.582. The van der Waals surface area contributed by atoms with Gasteiger partial charge in [0.25, 0.3) is 0 Å². The predicted molar refractivity (Wildman–Crippen MR) is 68.9 cm³/mol. The quantitative estimate of drug-likeness (QED) is 0.724. The van der Waals surface area contributed by atoms with E-state index in [1.807, 2.05) is 4.68 Å². The maximum absolute atomic E-state index is 6.11. The van der Waals surface area contributed by atoms with Crippen LogP contribution in [0.25, 0.3) is 0 Å². The Hall–Kier alpha value is -0.0200. The van der Waals surface area contributed by atoms with Gasteiger partial charge in [-0.2, -0.15) is 5.10 Å². The van der Waals surface area contributed by atoms with Crippen LogP contribution in [0.3, 0.4) is 0 Å². The summed E-state index contributed by atoms with van der Waals surface area (Å²) in [5, 5.41) is 5.08. The number of alkyl halides is 1. The molecule has 1 rings (SSSR count). The number of nitrogens with zero attached hydrogens (tertiary/aromatic N) is 2. The largest absolute Gasteiger partial charge is 0.268 e. The van der Waals surface area contributed by atoms with Crippen molar-refractivity contribution in [3.8, 4) is 0 Å². The van der Waals surface area contributed by atoms with Gasteiger partial charge in [-0.05, 0) is 25.7 Å². The second-order valence-electron chi connectivity index (χ2n) is 3.71. The topological polar surface area (TPSA) is 17.8 Å². The van der Waals surface area contributed by atoms with E-state index in [2.05, 4.69) is 34.9 Å². The zero-order valence-corrected chi connectivity index (χ0v) is 11.7. The van der Waals surface area contributed by atoms with E-state index < -0.39 is 0 Å². The summed E-state index contributed by atoms with van der Waals surface area (Å²) in [6.07, 6.45) is 6.12. The third-order valence-electron chi connectivity index (χ3n) is 2.47. The van der Waals surface area contributed by atoms with Crippen LogP contribution >= 0.6 is 27.5 Å². The van der Waals surface area contributed by atoms with Crippen LogP contribution in [-0.2, 0) is 13.0 Å². The number of halogens is 2. The highest BCUT2D eigenvalue weighted by Crippen LogP contribution is 2.20. The van der Waals surface area contributed by atoms with Gasteiger partial charge in [-0.1, -0.05) is 41.4 Å². The second kappa shape index (κ2) is 6.54. The van der Waals surface area contributed by atoms with Crippen LogP contribution in [-0.4, -0.2) is 14.6 Å². The van der Waals surface area contributed by atoms with E-state index in [1.54, 1.807) is 6.20 Å². The fourth-order valence-electron chi connectivity index (χ4n) is 1.54. The van der Waals surface area contributed by atoms with Crippen molar-refractivity contribution in [2.45, 2.75) is 50.9 Å². The van der Waals surface area contributed by atoms with Gasteiger partial charge in [0.1, 0.15) is 0 Å². The van der Waals surface area contributed by atoms with Crippen LogP contribution in [0.5, 0.6) is 0 Å². The van der Waals surface area contributed by atoms with Crippen molar-refractivity contribution in [3.63, 3.8) is 0 Å². The summed E-state index contributed by atoms with van der Waals surface area (Å²) in [4.78, 5) is 0.582. The monoisotopic (exact) mass is 292 g/mol. The van der Waals surface area contributed by atoms with Crippen molar-refractivity contribution in [2.75, 3.05) is 0 Å². The highest BCUT2D eigenvalue weighted by Gasteiger charge is 2.10. The lowest BCUT2D eigenvalue weighted by atomic mass is 10.1. The van der Waals surface area contributed by atoms with Crippen LogP contribution < -0.4 is 0 Å². The van der Waals surface area contributed by atoms with Crippen molar-refractivity contribution < 1.29 is 0 Å². The summed E-state index contributed by atoms with van der Waals surface area (Å²) < 4.78 is 2.03. The first-order valence-electron chi connectivity index (χ1n) is 5.53. The van der Waals surface area contributed by atoms with E-state index in [0.29, 0.717) is 4.83 Å². The molecule has 0 aliphatic heterocycles. The minimum absolute atomic E-state index is 0.582. The SMILES string of the molecule is CCCn1ncc(Cl)c1CCC(Br)CC. The summed E-state index contributed by atoms with van der Waals surface area (Å²) in [5.41, 5.74) is 1.18. The Morgan fingerprint density at radius 1 is 1.53 bits per heavy atom. The molecule has 1 unspecified atom stereocenters. The molecule has 0 N–H and O–H groups in total. The Morgan fingerprint density at radius 2 is 2.27 bits per heavy atom. The molecule has 1 aromatic rings. The summed E-state index contributed by atoms with van der Waals surface area (Å²) in [6.45, 7) is 5.30. The Morgan fingerprint density at radius 3 is 2.87 bits per heavy atom. The molecular formula is C11H18BrClN2. The number of aryl methyl sites for hydroxylation is 1. The van der Waals surface area contributed by atoms with Gasteiger partial charge in [-0.25, -0.2) is 0 Å². The fourth-order valence-corrected chi connectivity index (χ4v) is 2.00. The average molecular weight is 294 g/mol. The predicted octanol–water partition coefficient (Wildman–Crippen LogP) is 4.05. The molecular weight excluding hydrogens is 275 g/mol. The molecule has 0 bridgehead atoms. The molecule has 1 atom stereocenters. The molecule has 1 heterocycles. The normalized spacial score (nSPS) is 13.1. The van der Waals surface area contributed by atoms with Crippen molar-refractivity contribution in [3.05, 3.63) is 16.9 Å². The standard InChI is InChI=1S/C11H18BrClN2/c1-3-7-15-11(10(13)8-14-15)6-5-9(12)4-2/h8-9H,3-7H2,1-2H3. The van der Waals surface area contributed by atoms with Crippen LogP contribution in [0.2, 0.25) is 5.02 Å². The van der Waals surface area contributed by atoms with Gasteiger partial charge in [0, 0.05) is 11.4 Å². The number of hydrogen-bond acceptors (Lipinski definition) is 1. The van der Waals surface area contributed by atoms with Crippen molar-refractivity contribution in [1.29, 1.82) is 0 Å². The Balaban J connectivity index is 2.61. The molecule has 2 nitrogen and oxygen atoms in total. The van der Waals surface area contributed by atoms with E-state index >= 15 is 0 Å². The molecule has 15 heavy (non-hydrogen) atoms. The average Bonchev–Trinajstić information content (AvgIpc) is 2.57. The van der Waals surface area contributed by atoms with Crippen LogP contribution in [0.1, 0.15) is 38.8 Å². The van der Waals surface area contributed by atoms with Gasteiger partial charge in [0.05, 0.1) is 16.9 Å². The molecule has 0 spiro atoms. The zero-order chi connectivity index (χ0) is 11.3. The van der Waals surface area contributed by atoms with E-state index in [1.165, 1.54) is 5.69 Å². The zero-order valence-electron chi connectivity index (χ0n) is 9.34. The first-order valence-corrected chi connectivity index (χ1v) is 6.82. The molecule has 0 saturated heterocycles. The highest BCUT2D eigenvalue weighted by molar-refractivity contribution is 9.09. The van der Waals surface area contributed by atoms with Crippen LogP contribution in [0, 0.1) is 0 Å². The lowest BCUT2D eigenvalue weighted by Crippen LogP contribution is -2.07. The number of rotatable bonds is 6. The molecule has 0 aromatic carbocycles. The van der Waals surface area contributed by atoms with Gasteiger partial charge in [-0.15, -0.1) is 0 Å². The first-order chi connectivity index (χ1) is 7.19. The maximum Gasteiger partial charge on any atom is 0.0817 e. The summed E-state index contributed by atoms with van der Waals surface area (Å²) in [5.74, 6) is 0. The molecule has 86 valence electrons. The maximum atomic E-state index is 6.11. The van der Waals surface area contributed by atoms with Crippen molar-refractivity contribution in [2.24, 2.45) is 0 Å². The van der Waals surface area contributed by atoms with Gasteiger partial charge < -0.3 is 0 Å². The number of aromatic nitrogens is 2. The molecule has 0 radical (unpaired) electrons. The van der Waals surface area contributed by atoms with Gasteiger partial charge in [0.2, 0.25) is 0 Å². The fraction of sp³-hybridized carbons (Fsp3) is 0.727. The van der Waals surface area contributed by atoms with Gasteiger partial charge in [-0.3, -0.25) is 4.68 Å². The Kier molecular flexibility index (Phi) is 5.69. The third kappa shape index (κ3) is 3.80. The molecule has 0 aliphatic carbocycles. The molecule has 0 amide bonds. The Bertz CT molecular complexity index is 299. The molecule has 1 aromatic heterocycles. The summed E-state index contributed by atoms with van der Waals surface area (Å²) in [6, 6.07) is 0. The minimum Gasteiger partial charge on any atom is -0.268 e. The molecule has 0 fully saturated rings. The van der Waals surface area contributed by atoms with E-state index in [9.17, 15) is 0 Å². The summed E-state index contributed by atoms with van der Waals surface area (Å²) in [7, 11) is 0. The van der Waals surface area contributed by atoms with Crippen molar-refractivity contribution in [1.82, 2.24) is 9.78 Å². The number of hydrogen-bond donors (Lipinski definition) is 0. The van der Waals surface area contributed by atoms with E-state index in [0.717, 1.165) is 37.3 Å². The second-order valence-corrected chi connectivity index (χ2v) is 5.41. The highest BCUT2D eigenvalue weighted by atomic mass is 79.9. The van der Waals surface area contributed by atoms with Gasteiger partial charge >= 0.3 is 0 Å². The lowest BCUT2D eigenvalue weighted by molar-refractivity contribution is 0.564. The molecule has 0 aliphatic rings. The Labute approximate surface area is 105 Å². The molecule has 0 saturated carbocycles. The first kappa shape index (κ1) is 13.0. The smallest absolute Gasteiger partial charge is 0.0817 e. The van der Waals surface area contributed by atoms with Gasteiger partial charge in [0.15, 0.2) is 0 Å². The van der Waals surface area contributed by atoms with E-state index in [-0.39, 0.29) is 0 Å². The summed E-state index contributed by atoms with van der Waals surface area (Å²) >= 11 is 9.75. The lowest BCUT2D eigenvalue weighted by Gasteiger charge is -2.09. The molecule has 4 heteroatoms. The van der Waals surface area contributed by atoms with E-state index in [4.69, 9.17) is 11.6 Å². The van der Waals surface area contributed by atoms with Crippen LogP contribution in [0.15, 0.2) is 6.20 Å². The van der Waals surface area contributed by atoms with Crippen molar-refractivity contribution >= 4 is 27.5 Å².